The van der Waals surface area contributed by atoms with E-state index in [1.54, 1.807) is 26.1 Å². The lowest BCUT2D eigenvalue weighted by atomic mass is 10.0. The lowest BCUT2D eigenvalue weighted by molar-refractivity contribution is 0.0951. The average molecular weight is 274 g/mol. The third kappa shape index (κ3) is 2.52. The zero-order chi connectivity index (χ0) is 12.4. The second-order valence-electron chi connectivity index (χ2n) is 3.78. The minimum absolute atomic E-state index is 0. The smallest absolute Gasteiger partial charge is 0.231 e. The highest BCUT2D eigenvalue weighted by Crippen LogP contribution is 2.38. The zero-order valence-corrected chi connectivity index (χ0v) is 11.3. The fraction of sp³-hybridized carbons (Fsp3) is 0.417. The number of carbonyl (C=O) groups excluding carboxylic acids is 1. The molecule has 0 saturated heterocycles. The number of methoxy groups -OCH3 is 1. The number of Topliss-reactive ketones (excluding diaryl/α,β-unsaturated/α-hetero) is 1. The molecule has 1 unspecified atom stereocenters. The summed E-state index contributed by atoms with van der Waals surface area (Å²) < 4.78 is 15.7. The van der Waals surface area contributed by atoms with Crippen LogP contribution >= 0.6 is 12.4 Å². The highest BCUT2D eigenvalue weighted by atomic mass is 35.5. The second kappa shape index (κ2) is 5.93. The number of carbonyl (C=O) groups is 1. The van der Waals surface area contributed by atoms with Gasteiger partial charge in [0.05, 0.1) is 18.7 Å². The fourth-order valence-electron chi connectivity index (χ4n) is 1.65. The summed E-state index contributed by atoms with van der Waals surface area (Å²) in [6, 6.07) is 3.07. The van der Waals surface area contributed by atoms with Crippen LogP contribution in [0.25, 0.3) is 0 Å². The number of halogens is 1. The first-order chi connectivity index (χ1) is 8.17. The van der Waals surface area contributed by atoms with Gasteiger partial charge in [-0.3, -0.25) is 4.79 Å². The van der Waals surface area contributed by atoms with Crippen molar-refractivity contribution in [1.29, 1.82) is 0 Å². The molecule has 1 heterocycles. The normalized spacial score (nSPS) is 13.7. The molecule has 2 rings (SSSR count). The van der Waals surface area contributed by atoms with Gasteiger partial charge >= 0.3 is 0 Å². The van der Waals surface area contributed by atoms with Crippen LogP contribution in [-0.4, -0.2) is 32.8 Å². The summed E-state index contributed by atoms with van der Waals surface area (Å²) in [7, 11) is 3.26. The average Bonchev–Trinajstić information content (AvgIpc) is 2.82. The molecule has 5 nitrogen and oxygen atoms in total. The number of rotatable bonds is 4. The van der Waals surface area contributed by atoms with Crippen molar-refractivity contribution in [1.82, 2.24) is 5.32 Å². The first-order valence-electron chi connectivity index (χ1n) is 5.36. The molecule has 0 fully saturated rings. The van der Waals surface area contributed by atoms with E-state index in [4.69, 9.17) is 14.2 Å². The molecule has 0 spiro atoms. The summed E-state index contributed by atoms with van der Waals surface area (Å²) in [5, 5.41) is 2.91. The molecule has 0 amide bonds. The van der Waals surface area contributed by atoms with Crippen molar-refractivity contribution in [2.75, 3.05) is 21.0 Å². The number of hydrogen-bond acceptors (Lipinski definition) is 5. The van der Waals surface area contributed by atoms with Crippen LogP contribution in [0.3, 0.4) is 0 Å². The third-order valence-electron chi connectivity index (χ3n) is 2.79. The monoisotopic (exact) mass is 273 g/mol. The summed E-state index contributed by atoms with van der Waals surface area (Å²) in [4.78, 5) is 12.1. The minimum atomic E-state index is -0.274. The van der Waals surface area contributed by atoms with E-state index < -0.39 is 0 Å². The van der Waals surface area contributed by atoms with Gasteiger partial charge in [0.15, 0.2) is 17.3 Å². The first-order valence-corrected chi connectivity index (χ1v) is 5.36. The minimum Gasteiger partial charge on any atom is -0.496 e. The van der Waals surface area contributed by atoms with Crippen molar-refractivity contribution in [3.8, 4) is 17.2 Å². The number of ketones is 1. The molecule has 0 bridgehead atoms. The maximum atomic E-state index is 12.1. The number of fused-ring (bicyclic) bond motifs is 1. The summed E-state index contributed by atoms with van der Waals surface area (Å²) in [5.41, 5.74) is 0.499. The molecule has 0 radical (unpaired) electrons. The van der Waals surface area contributed by atoms with Crippen LogP contribution < -0.4 is 19.5 Å². The number of benzene rings is 1. The molecule has 0 aromatic heterocycles. The van der Waals surface area contributed by atoms with Crippen LogP contribution in [0.1, 0.15) is 17.3 Å². The lowest BCUT2D eigenvalue weighted by Gasteiger charge is -2.13. The highest BCUT2D eigenvalue weighted by molar-refractivity contribution is 6.02. The van der Waals surface area contributed by atoms with Crippen LogP contribution in [0.2, 0.25) is 0 Å². The van der Waals surface area contributed by atoms with Gasteiger partial charge in [-0.05, 0) is 20.0 Å². The summed E-state index contributed by atoms with van der Waals surface area (Å²) in [6.07, 6.45) is 0. The Balaban J connectivity index is 0.00000162. The Hall–Kier alpha value is -1.46. The molecule has 18 heavy (non-hydrogen) atoms. The van der Waals surface area contributed by atoms with Crippen LogP contribution in [0.15, 0.2) is 12.1 Å². The maximum absolute atomic E-state index is 12.1. The summed E-state index contributed by atoms with van der Waals surface area (Å²) in [5.74, 6) is 1.65. The van der Waals surface area contributed by atoms with Gasteiger partial charge in [0.2, 0.25) is 6.79 Å². The Morgan fingerprint density at radius 3 is 2.56 bits per heavy atom. The second-order valence-corrected chi connectivity index (χ2v) is 3.78. The first kappa shape index (κ1) is 14.6. The number of ether oxygens (including phenoxy) is 3. The van der Waals surface area contributed by atoms with Crippen LogP contribution in [0.4, 0.5) is 0 Å². The summed E-state index contributed by atoms with van der Waals surface area (Å²) in [6.45, 7) is 1.98. The van der Waals surface area contributed by atoms with Crippen LogP contribution in [-0.2, 0) is 0 Å². The predicted molar refractivity (Wildman–Crippen MR) is 69.2 cm³/mol. The summed E-state index contributed by atoms with van der Waals surface area (Å²) >= 11 is 0. The standard InChI is InChI=1S/C12H15NO4.ClH/c1-7(13-2)12(14)8-4-10-11(17-6-16-10)5-9(8)15-3;/h4-5,7,13H,6H2,1-3H3;1H. The molecule has 1 aromatic carbocycles. The SMILES string of the molecule is CNC(C)C(=O)c1cc2c(cc1OC)OCO2.Cl. The van der Waals surface area contributed by atoms with Gasteiger partial charge < -0.3 is 19.5 Å². The van der Waals surface area contributed by atoms with E-state index in [1.165, 1.54) is 7.11 Å². The van der Waals surface area contributed by atoms with E-state index in [9.17, 15) is 4.79 Å². The fourth-order valence-corrected chi connectivity index (χ4v) is 1.65. The Kier molecular flexibility index (Phi) is 4.81. The van der Waals surface area contributed by atoms with Crippen molar-refractivity contribution < 1.29 is 19.0 Å². The molecule has 6 heteroatoms. The number of hydrogen-bond donors (Lipinski definition) is 1. The largest absolute Gasteiger partial charge is 0.496 e. The molecule has 0 aliphatic carbocycles. The lowest BCUT2D eigenvalue weighted by Crippen LogP contribution is -2.30. The van der Waals surface area contributed by atoms with Crippen molar-refractivity contribution in [2.24, 2.45) is 0 Å². The highest BCUT2D eigenvalue weighted by Gasteiger charge is 2.23. The van der Waals surface area contributed by atoms with E-state index >= 15 is 0 Å². The molecular formula is C12H16ClNO4. The zero-order valence-electron chi connectivity index (χ0n) is 10.5. The van der Waals surface area contributed by atoms with E-state index in [-0.39, 0.29) is 31.0 Å². The molecule has 0 saturated carbocycles. The van der Waals surface area contributed by atoms with E-state index in [2.05, 4.69) is 5.32 Å². The van der Waals surface area contributed by atoms with Crippen molar-refractivity contribution in [3.05, 3.63) is 17.7 Å². The molecule has 1 N–H and O–H groups in total. The van der Waals surface area contributed by atoms with Gasteiger partial charge in [-0.15, -0.1) is 12.4 Å². The molecular weight excluding hydrogens is 258 g/mol. The van der Waals surface area contributed by atoms with Gasteiger partial charge in [-0.25, -0.2) is 0 Å². The van der Waals surface area contributed by atoms with E-state index in [0.29, 0.717) is 22.8 Å². The Morgan fingerprint density at radius 2 is 2.00 bits per heavy atom. The topological polar surface area (TPSA) is 56.8 Å². The third-order valence-corrected chi connectivity index (χ3v) is 2.79. The maximum Gasteiger partial charge on any atom is 0.231 e. The van der Waals surface area contributed by atoms with E-state index in [1.807, 2.05) is 0 Å². The van der Waals surface area contributed by atoms with Gasteiger partial charge in [-0.1, -0.05) is 0 Å². The van der Waals surface area contributed by atoms with Crippen molar-refractivity contribution in [2.45, 2.75) is 13.0 Å². The van der Waals surface area contributed by atoms with Crippen LogP contribution in [0.5, 0.6) is 17.2 Å². The molecule has 1 aliphatic rings. The molecule has 1 atom stereocenters. The molecule has 100 valence electrons. The predicted octanol–water partition coefficient (Wildman–Crippen LogP) is 1.64. The Bertz CT molecular complexity index is 450. The molecule has 1 aliphatic heterocycles. The van der Waals surface area contributed by atoms with Gasteiger partial charge in [0, 0.05) is 6.07 Å². The Labute approximate surface area is 112 Å². The Morgan fingerprint density at radius 1 is 1.39 bits per heavy atom. The number of nitrogens with one attached hydrogen (secondary N) is 1. The van der Waals surface area contributed by atoms with Crippen molar-refractivity contribution >= 4 is 18.2 Å². The van der Waals surface area contributed by atoms with E-state index in [0.717, 1.165) is 0 Å². The molecule has 1 aromatic rings. The van der Waals surface area contributed by atoms with Gasteiger partial charge in [-0.2, -0.15) is 0 Å². The quantitative estimate of drug-likeness (QED) is 0.845. The van der Waals surface area contributed by atoms with Gasteiger partial charge in [0.1, 0.15) is 5.75 Å². The van der Waals surface area contributed by atoms with Gasteiger partial charge in [0.25, 0.3) is 0 Å². The van der Waals surface area contributed by atoms with Crippen molar-refractivity contribution in [3.63, 3.8) is 0 Å². The number of likely N-dealkylation sites (N-methyl/N-ethyl adjacent to an activating group) is 1. The van der Waals surface area contributed by atoms with Crippen LogP contribution in [0, 0.1) is 0 Å².